The van der Waals surface area contributed by atoms with Crippen LogP contribution in [0, 0.1) is 0 Å². The molecular weight excluding hydrogens is 368 g/mol. The van der Waals surface area contributed by atoms with Crippen molar-refractivity contribution in [2.24, 2.45) is 0 Å². The third-order valence-electron chi connectivity index (χ3n) is 3.20. The van der Waals surface area contributed by atoms with Crippen molar-refractivity contribution in [3.05, 3.63) is 24.8 Å². The molecule has 0 aromatic carbocycles. The van der Waals surface area contributed by atoms with Gasteiger partial charge in [-0.15, -0.1) is 0 Å². The molecule has 0 unspecified atom stereocenters. The quantitative estimate of drug-likeness (QED) is 0.749. The second kappa shape index (κ2) is 4.48. The number of hydrogen-bond acceptors (Lipinski definition) is 3. The number of pyridine rings is 1. The number of aromatic nitrogens is 2. The van der Waals surface area contributed by atoms with E-state index in [0.717, 1.165) is 27.1 Å². The van der Waals surface area contributed by atoms with Crippen molar-refractivity contribution < 1.29 is 0 Å². The zero-order valence-electron chi connectivity index (χ0n) is 8.95. The molecular formula is C11H10Br2N2OS. The van der Waals surface area contributed by atoms with Gasteiger partial charge in [0.1, 0.15) is 10.3 Å². The predicted octanol–water partition coefficient (Wildman–Crippen LogP) is 4.10. The first-order chi connectivity index (χ1) is 8.16. The molecule has 1 fully saturated rings. The molecule has 0 aliphatic heterocycles. The first-order valence-corrected chi connectivity index (χ1v) is 7.94. The zero-order valence-corrected chi connectivity index (χ0v) is 12.9. The summed E-state index contributed by atoms with van der Waals surface area (Å²) in [5.74, 6) is 0. The molecule has 3 nitrogen and oxygen atoms in total. The van der Waals surface area contributed by atoms with E-state index in [1.807, 2.05) is 10.6 Å². The molecule has 90 valence electrons. The van der Waals surface area contributed by atoms with Crippen molar-refractivity contribution in [2.75, 3.05) is 0 Å². The Bertz CT molecular complexity index is 628. The highest BCUT2D eigenvalue weighted by Crippen LogP contribution is 2.34. The van der Waals surface area contributed by atoms with Gasteiger partial charge < -0.3 is 0 Å². The van der Waals surface area contributed by atoms with Crippen molar-refractivity contribution in [3.63, 3.8) is 0 Å². The van der Waals surface area contributed by atoms with Gasteiger partial charge >= 0.3 is 0 Å². The fourth-order valence-electron chi connectivity index (χ4n) is 2.45. The standard InChI is InChI=1S/C11H10Br2N2OS/c12-7-5-8-10(17-11(13)14-8)15(9(7)16)6-3-1-2-4-6/h5-6H,1-4H2. The van der Waals surface area contributed by atoms with E-state index in [1.54, 1.807) is 0 Å². The Morgan fingerprint density at radius 1 is 1.35 bits per heavy atom. The third kappa shape index (κ3) is 2.00. The van der Waals surface area contributed by atoms with Gasteiger partial charge in [0.25, 0.3) is 5.56 Å². The minimum absolute atomic E-state index is 0.0700. The summed E-state index contributed by atoms with van der Waals surface area (Å²) in [4.78, 5) is 17.6. The van der Waals surface area contributed by atoms with Crippen LogP contribution in [-0.4, -0.2) is 9.55 Å². The molecule has 0 amide bonds. The first kappa shape index (κ1) is 11.9. The SMILES string of the molecule is O=c1c(Br)cc2nc(Br)sc2n1C1CCCC1. The van der Waals surface area contributed by atoms with E-state index in [9.17, 15) is 4.79 Å². The Balaban J connectivity index is 2.32. The number of nitrogens with zero attached hydrogens (tertiary/aromatic N) is 2. The van der Waals surface area contributed by atoms with E-state index < -0.39 is 0 Å². The molecule has 2 heterocycles. The van der Waals surface area contributed by atoms with Crippen molar-refractivity contribution in [3.8, 4) is 0 Å². The van der Waals surface area contributed by atoms with Gasteiger partial charge in [-0.05, 0) is 50.8 Å². The predicted molar refractivity (Wildman–Crippen MR) is 76.8 cm³/mol. The lowest BCUT2D eigenvalue weighted by molar-refractivity contribution is 0.520. The van der Waals surface area contributed by atoms with Gasteiger partial charge in [-0.3, -0.25) is 9.36 Å². The van der Waals surface area contributed by atoms with Gasteiger partial charge in [0.2, 0.25) is 0 Å². The summed E-state index contributed by atoms with van der Waals surface area (Å²) in [7, 11) is 0. The summed E-state index contributed by atoms with van der Waals surface area (Å²) in [6.07, 6.45) is 4.62. The summed E-state index contributed by atoms with van der Waals surface area (Å²) >= 11 is 8.27. The van der Waals surface area contributed by atoms with Gasteiger partial charge in [0, 0.05) is 6.04 Å². The van der Waals surface area contributed by atoms with Crippen LogP contribution in [0.1, 0.15) is 31.7 Å². The third-order valence-corrected chi connectivity index (χ3v) is 5.29. The van der Waals surface area contributed by atoms with Crippen LogP contribution in [0.15, 0.2) is 19.3 Å². The fraction of sp³-hybridized carbons (Fsp3) is 0.455. The topological polar surface area (TPSA) is 34.9 Å². The molecule has 3 rings (SSSR count). The van der Waals surface area contributed by atoms with Crippen LogP contribution in [0.25, 0.3) is 10.3 Å². The smallest absolute Gasteiger partial charge is 0.266 e. The molecule has 0 radical (unpaired) electrons. The molecule has 17 heavy (non-hydrogen) atoms. The second-order valence-corrected chi connectivity index (χ2v) is 7.37. The number of thiazole rings is 1. The molecule has 0 spiro atoms. The molecule has 2 aromatic rings. The van der Waals surface area contributed by atoms with E-state index in [0.29, 0.717) is 10.5 Å². The highest BCUT2D eigenvalue weighted by Gasteiger charge is 2.22. The number of hydrogen-bond donors (Lipinski definition) is 0. The van der Waals surface area contributed by atoms with E-state index in [2.05, 4.69) is 36.8 Å². The molecule has 0 bridgehead atoms. The lowest BCUT2D eigenvalue weighted by Gasteiger charge is -2.14. The monoisotopic (exact) mass is 376 g/mol. The second-order valence-electron chi connectivity index (χ2n) is 4.26. The Morgan fingerprint density at radius 3 is 2.76 bits per heavy atom. The van der Waals surface area contributed by atoms with Crippen LogP contribution in [0.2, 0.25) is 0 Å². The minimum atomic E-state index is 0.0700. The molecule has 0 saturated heterocycles. The average Bonchev–Trinajstić information content (AvgIpc) is 2.89. The van der Waals surface area contributed by atoms with E-state index in [-0.39, 0.29) is 5.56 Å². The van der Waals surface area contributed by atoms with Crippen molar-refractivity contribution >= 4 is 53.5 Å². The fourth-order valence-corrected chi connectivity index (χ4v) is 4.35. The number of fused-ring (bicyclic) bond motifs is 1. The maximum absolute atomic E-state index is 12.3. The van der Waals surface area contributed by atoms with Crippen LogP contribution in [-0.2, 0) is 0 Å². The molecule has 0 atom stereocenters. The Kier molecular flexibility index (Phi) is 3.13. The lowest BCUT2D eigenvalue weighted by Crippen LogP contribution is -2.23. The Hall–Kier alpha value is -0.200. The Labute approximate surface area is 119 Å². The molecule has 2 aromatic heterocycles. The summed E-state index contributed by atoms with van der Waals surface area (Å²) in [6, 6.07) is 2.15. The molecule has 6 heteroatoms. The summed E-state index contributed by atoms with van der Waals surface area (Å²) in [6.45, 7) is 0. The van der Waals surface area contributed by atoms with Crippen LogP contribution in [0.3, 0.4) is 0 Å². The molecule has 1 aliphatic carbocycles. The highest BCUT2D eigenvalue weighted by molar-refractivity contribution is 9.11. The average molecular weight is 378 g/mol. The van der Waals surface area contributed by atoms with Crippen molar-refractivity contribution in [1.29, 1.82) is 0 Å². The van der Waals surface area contributed by atoms with Crippen molar-refractivity contribution in [1.82, 2.24) is 9.55 Å². The lowest BCUT2D eigenvalue weighted by atomic mass is 10.2. The maximum Gasteiger partial charge on any atom is 0.266 e. The van der Waals surface area contributed by atoms with Gasteiger partial charge in [0.15, 0.2) is 3.92 Å². The van der Waals surface area contributed by atoms with Crippen LogP contribution in [0.4, 0.5) is 0 Å². The first-order valence-electron chi connectivity index (χ1n) is 5.54. The van der Waals surface area contributed by atoms with E-state index in [1.165, 1.54) is 24.2 Å². The number of rotatable bonds is 1. The van der Waals surface area contributed by atoms with Gasteiger partial charge in [-0.1, -0.05) is 24.2 Å². The largest absolute Gasteiger partial charge is 0.294 e. The van der Waals surface area contributed by atoms with Crippen molar-refractivity contribution in [2.45, 2.75) is 31.7 Å². The van der Waals surface area contributed by atoms with Crippen LogP contribution in [0.5, 0.6) is 0 Å². The van der Waals surface area contributed by atoms with Gasteiger partial charge in [-0.2, -0.15) is 0 Å². The summed E-state index contributed by atoms with van der Waals surface area (Å²) < 4.78 is 3.36. The maximum atomic E-state index is 12.3. The van der Waals surface area contributed by atoms with Gasteiger partial charge in [-0.25, -0.2) is 4.98 Å². The van der Waals surface area contributed by atoms with E-state index in [4.69, 9.17) is 0 Å². The van der Waals surface area contributed by atoms with Gasteiger partial charge in [0.05, 0.1) is 4.47 Å². The Morgan fingerprint density at radius 2 is 2.06 bits per heavy atom. The molecule has 1 aliphatic rings. The van der Waals surface area contributed by atoms with Crippen LogP contribution < -0.4 is 5.56 Å². The molecule has 1 saturated carbocycles. The highest BCUT2D eigenvalue weighted by atomic mass is 79.9. The molecule has 0 N–H and O–H groups in total. The normalized spacial score (nSPS) is 17.1. The summed E-state index contributed by atoms with van der Waals surface area (Å²) in [5, 5.41) is 0. The number of halogens is 2. The van der Waals surface area contributed by atoms with E-state index >= 15 is 0 Å². The minimum Gasteiger partial charge on any atom is -0.294 e. The van der Waals surface area contributed by atoms with Crippen LogP contribution >= 0.6 is 43.2 Å². The zero-order chi connectivity index (χ0) is 12.0. The summed E-state index contributed by atoms with van der Waals surface area (Å²) in [5.41, 5.74) is 0.959.